The van der Waals surface area contributed by atoms with Crippen molar-refractivity contribution in [2.45, 2.75) is 58.4 Å². The Hall–Kier alpha value is -2.20. The van der Waals surface area contributed by atoms with Crippen LogP contribution in [-0.2, 0) is 42.9 Å². The lowest BCUT2D eigenvalue weighted by molar-refractivity contribution is -0.297. The highest BCUT2D eigenvalue weighted by Crippen LogP contribution is 2.27. The second-order valence-electron chi connectivity index (χ2n) is 5.09. The summed E-state index contributed by atoms with van der Waals surface area (Å²) in [7, 11) is 0. The van der Waals surface area contributed by atoms with E-state index in [0.29, 0.717) is 0 Å². The van der Waals surface area contributed by atoms with Crippen LogP contribution in [0.2, 0.25) is 0 Å². The van der Waals surface area contributed by atoms with Crippen molar-refractivity contribution in [3.8, 4) is 0 Å². The van der Waals surface area contributed by atoms with Crippen LogP contribution in [-0.4, -0.2) is 66.3 Å². The molecule has 0 aromatic heterocycles. The largest absolute Gasteiger partial charge is 0.463 e. The van der Waals surface area contributed by atoms with Gasteiger partial charge in [0.25, 0.3) is 0 Å². The molecule has 0 unspecified atom stereocenters. The van der Waals surface area contributed by atoms with E-state index in [1.54, 1.807) is 0 Å². The molecule has 10 nitrogen and oxygen atoms in total. The molecule has 0 radical (unpaired) electrons. The van der Waals surface area contributed by atoms with Crippen LogP contribution in [0.5, 0.6) is 0 Å². The molecule has 1 aliphatic heterocycles. The van der Waals surface area contributed by atoms with Crippen LogP contribution in [0.25, 0.3) is 0 Å². The van der Waals surface area contributed by atoms with Crippen LogP contribution in [0.1, 0.15) is 27.7 Å². The first-order chi connectivity index (χ1) is 11.1. The van der Waals surface area contributed by atoms with Gasteiger partial charge in [0.2, 0.25) is 6.29 Å². The molecule has 0 aliphatic carbocycles. The van der Waals surface area contributed by atoms with E-state index in [-0.39, 0.29) is 6.61 Å². The molecule has 0 aromatic rings. The topological polar surface area (TPSA) is 135 Å². The first kappa shape index (κ1) is 19.8. The summed E-state index contributed by atoms with van der Waals surface area (Å²) in [6, 6.07) is 0. The van der Waals surface area contributed by atoms with E-state index in [9.17, 15) is 24.3 Å². The smallest absolute Gasteiger partial charge is 0.305 e. The molecule has 1 fully saturated rings. The van der Waals surface area contributed by atoms with Gasteiger partial charge in [-0.2, -0.15) is 0 Å². The Morgan fingerprint density at radius 2 is 1.33 bits per heavy atom. The van der Waals surface area contributed by atoms with Gasteiger partial charge in [-0.1, -0.05) is 0 Å². The van der Waals surface area contributed by atoms with Crippen LogP contribution >= 0.6 is 0 Å². The summed E-state index contributed by atoms with van der Waals surface area (Å²) in [6.45, 7) is 4.09. The minimum Gasteiger partial charge on any atom is -0.463 e. The third kappa shape index (κ3) is 5.78. The van der Waals surface area contributed by atoms with Crippen LogP contribution < -0.4 is 0 Å². The molecule has 0 aromatic carbocycles. The van der Waals surface area contributed by atoms with Gasteiger partial charge in [0.1, 0.15) is 12.7 Å². The number of carbonyl (C=O) groups is 4. The fourth-order valence-electron chi connectivity index (χ4n) is 2.15. The highest BCUT2D eigenvalue weighted by atomic mass is 16.7. The number of carbonyl (C=O) groups excluding carboxylic acids is 4. The standard InChI is InChI=1S/C14H20O10/c1-6(15)20-5-10-12(21-7(2)16)13(22-8(3)17)11(19)14(24-10)23-9(4)18/h10-14,19H,5H2,1-4H3/t10-,11+,12-,13+,14+/m0/s1. The summed E-state index contributed by atoms with van der Waals surface area (Å²) in [5, 5.41) is 10.2. The van der Waals surface area contributed by atoms with Gasteiger partial charge in [-0.25, -0.2) is 0 Å². The molecule has 24 heavy (non-hydrogen) atoms. The number of esters is 4. The Labute approximate surface area is 137 Å². The van der Waals surface area contributed by atoms with Crippen molar-refractivity contribution in [1.82, 2.24) is 0 Å². The number of aliphatic hydroxyl groups is 1. The van der Waals surface area contributed by atoms with E-state index >= 15 is 0 Å². The second-order valence-corrected chi connectivity index (χ2v) is 5.09. The van der Waals surface area contributed by atoms with Gasteiger partial charge in [0.15, 0.2) is 18.3 Å². The lowest BCUT2D eigenvalue weighted by Gasteiger charge is -2.42. The van der Waals surface area contributed by atoms with Crippen molar-refractivity contribution >= 4 is 23.9 Å². The lowest BCUT2D eigenvalue weighted by atomic mass is 9.98. The third-order valence-electron chi connectivity index (χ3n) is 2.95. The van der Waals surface area contributed by atoms with Crippen molar-refractivity contribution in [3.63, 3.8) is 0 Å². The summed E-state index contributed by atoms with van der Waals surface area (Å²) in [5.41, 5.74) is 0. The molecular weight excluding hydrogens is 328 g/mol. The maximum Gasteiger partial charge on any atom is 0.305 e. The average Bonchev–Trinajstić information content (AvgIpc) is 2.42. The predicted octanol–water partition coefficient (Wildman–Crippen LogP) is -0.938. The van der Waals surface area contributed by atoms with Gasteiger partial charge >= 0.3 is 23.9 Å². The molecule has 0 amide bonds. The van der Waals surface area contributed by atoms with E-state index in [0.717, 1.165) is 27.7 Å². The summed E-state index contributed by atoms with van der Waals surface area (Å²) in [5.74, 6) is -2.87. The van der Waals surface area contributed by atoms with Gasteiger partial charge in [0, 0.05) is 27.7 Å². The van der Waals surface area contributed by atoms with Gasteiger partial charge in [-0.15, -0.1) is 0 Å². The highest BCUT2D eigenvalue weighted by Gasteiger charge is 2.51. The van der Waals surface area contributed by atoms with Gasteiger partial charge < -0.3 is 28.8 Å². The molecule has 1 rings (SSSR count). The molecule has 5 atom stereocenters. The van der Waals surface area contributed by atoms with Crippen molar-refractivity contribution < 1.29 is 48.0 Å². The fourth-order valence-corrected chi connectivity index (χ4v) is 2.15. The zero-order chi connectivity index (χ0) is 18.4. The van der Waals surface area contributed by atoms with Gasteiger partial charge in [-0.05, 0) is 0 Å². The minimum atomic E-state index is -1.60. The Balaban J connectivity index is 3.08. The molecule has 10 heteroatoms. The van der Waals surface area contributed by atoms with E-state index < -0.39 is 54.6 Å². The quantitative estimate of drug-likeness (QED) is 0.490. The number of aliphatic hydroxyl groups excluding tert-OH is 1. The predicted molar refractivity (Wildman–Crippen MR) is 74.2 cm³/mol. The maximum absolute atomic E-state index is 11.3. The minimum absolute atomic E-state index is 0.366. The number of ether oxygens (including phenoxy) is 5. The number of hydrogen-bond acceptors (Lipinski definition) is 10. The van der Waals surface area contributed by atoms with Crippen molar-refractivity contribution in [3.05, 3.63) is 0 Å². The van der Waals surface area contributed by atoms with Crippen LogP contribution in [0.4, 0.5) is 0 Å². The molecule has 0 saturated carbocycles. The summed E-state index contributed by atoms with van der Waals surface area (Å²) in [6.07, 6.45) is -6.83. The molecule has 1 aliphatic rings. The van der Waals surface area contributed by atoms with Gasteiger partial charge in [-0.3, -0.25) is 19.2 Å². The summed E-state index contributed by atoms with van der Waals surface area (Å²) in [4.78, 5) is 44.7. The average molecular weight is 348 g/mol. The van der Waals surface area contributed by atoms with E-state index in [1.165, 1.54) is 0 Å². The maximum atomic E-state index is 11.3. The zero-order valence-corrected chi connectivity index (χ0v) is 13.7. The van der Waals surface area contributed by atoms with Gasteiger partial charge in [0.05, 0.1) is 0 Å². The number of rotatable bonds is 5. The first-order valence-corrected chi connectivity index (χ1v) is 7.10. The summed E-state index contributed by atoms with van der Waals surface area (Å²) >= 11 is 0. The normalized spacial score (nSPS) is 29.3. The molecule has 136 valence electrons. The molecule has 0 spiro atoms. The van der Waals surface area contributed by atoms with E-state index in [2.05, 4.69) is 0 Å². The highest BCUT2D eigenvalue weighted by molar-refractivity contribution is 5.68. The molecule has 0 bridgehead atoms. The fraction of sp³-hybridized carbons (Fsp3) is 0.714. The van der Waals surface area contributed by atoms with Crippen LogP contribution in [0.15, 0.2) is 0 Å². The zero-order valence-electron chi connectivity index (χ0n) is 13.7. The SMILES string of the molecule is CC(=O)OC[C@@H]1O[C@@H](OC(C)=O)[C@H](O)[C@@H](OC(C)=O)[C@H]1OC(C)=O. The van der Waals surface area contributed by atoms with E-state index in [4.69, 9.17) is 23.7 Å². The van der Waals surface area contributed by atoms with Crippen molar-refractivity contribution in [1.29, 1.82) is 0 Å². The van der Waals surface area contributed by atoms with Crippen LogP contribution in [0, 0.1) is 0 Å². The molecule has 1 heterocycles. The Kier molecular flexibility index (Phi) is 7.11. The lowest BCUT2D eigenvalue weighted by Crippen LogP contribution is -2.62. The van der Waals surface area contributed by atoms with Crippen LogP contribution in [0.3, 0.4) is 0 Å². The number of hydrogen-bond donors (Lipinski definition) is 1. The van der Waals surface area contributed by atoms with Crippen molar-refractivity contribution in [2.75, 3.05) is 6.61 Å². The van der Waals surface area contributed by atoms with Crippen molar-refractivity contribution in [2.24, 2.45) is 0 Å². The summed E-state index contributed by atoms with van der Waals surface area (Å²) < 4.78 is 25.0. The Bertz CT molecular complexity index is 486. The first-order valence-electron chi connectivity index (χ1n) is 7.10. The van der Waals surface area contributed by atoms with E-state index in [1.807, 2.05) is 0 Å². The Morgan fingerprint density at radius 3 is 1.79 bits per heavy atom. The third-order valence-corrected chi connectivity index (χ3v) is 2.95. The Morgan fingerprint density at radius 1 is 0.833 bits per heavy atom. The molecule has 1 saturated heterocycles. The molecular formula is C14H20O10. The molecule has 1 N–H and O–H groups in total. The monoisotopic (exact) mass is 348 g/mol. The second kappa shape index (κ2) is 8.60.